The largest absolute Gasteiger partial charge is 0.469 e. The van der Waals surface area contributed by atoms with Gasteiger partial charge in [0.25, 0.3) is 0 Å². The van der Waals surface area contributed by atoms with E-state index in [1.165, 1.54) is 57.1 Å². The Bertz CT molecular complexity index is 548. The van der Waals surface area contributed by atoms with Crippen molar-refractivity contribution < 1.29 is 9.53 Å². The first-order chi connectivity index (χ1) is 11.9. The molecule has 142 valence electrons. The molecule has 7 atom stereocenters. The van der Waals surface area contributed by atoms with E-state index in [0.717, 1.165) is 24.2 Å². The first-order valence-corrected chi connectivity index (χ1v) is 11.9. The first kappa shape index (κ1) is 18.2. The van der Waals surface area contributed by atoms with E-state index in [4.69, 9.17) is 4.74 Å². The van der Waals surface area contributed by atoms with Crippen molar-refractivity contribution in [3.8, 4) is 0 Å². The van der Waals surface area contributed by atoms with Crippen LogP contribution in [0.5, 0.6) is 0 Å². The molecule has 0 aromatic carbocycles. The Morgan fingerprint density at radius 2 is 1.88 bits per heavy atom. The van der Waals surface area contributed by atoms with Crippen LogP contribution in [0.3, 0.4) is 0 Å². The summed E-state index contributed by atoms with van der Waals surface area (Å²) in [6.45, 7) is 4.78. The van der Waals surface area contributed by atoms with Crippen LogP contribution in [0.4, 0.5) is 0 Å². The van der Waals surface area contributed by atoms with E-state index in [1.54, 1.807) is 7.11 Å². The predicted molar refractivity (Wildman–Crippen MR) is 105 cm³/mol. The average molecular weight is 365 g/mol. The van der Waals surface area contributed by atoms with Crippen molar-refractivity contribution in [2.45, 2.75) is 71.6 Å². The fraction of sp³-hybridized carbons (Fsp3) is 0.955. The molecule has 5 fully saturated rings. The van der Waals surface area contributed by atoms with Crippen LogP contribution in [0.2, 0.25) is 0 Å². The van der Waals surface area contributed by atoms with Gasteiger partial charge in [0.2, 0.25) is 0 Å². The number of hydrogen-bond donors (Lipinski definition) is 0. The van der Waals surface area contributed by atoms with Gasteiger partial charge in [-0.1, -0.05) is 13.3 Å². The smallest absolute Gasteiger partial charge is 0.311 e. The summed E-state index contributed by atoms with van der Waals surface area (Å²) in [5.41, 5.74) is 0.690. The zero-order valence-corrected chi connectivity index (χ0v) is 17.4. The summed E-state index contributed by atoms with van der Waals surface area (Å²) < 4.78 is 5.29. The van der Waals surface area contributed by atoms with E-state index in [9.17, 15) is 4.79 Å². The molecular formula is C22H36O2S. The van der Waals surface area contributed by atoms with E-state index < -0.39 is 0 Å². The number of thioether (sulfide) groups is 1. The summed E-state index contributed by atoms with van der Waals surface area (Å²) >= 11 is 2.05. The van der Waals surface area contributed by atoms with Crippen molar-refractivity contribution in [1.82, 2.24) is 0 Å². The van der Waals surface area contributed by atoms with Gasteiger partial charge in [0.05, 0.1) is 12.5 Å². The summed E-state index contributed by atoms with van der Waals surface area (Å²) in [4.78, 5) is 12.7. The Morgan fingerprint density at radius 3 is 2.60 bits per heavy atom. The maximum atomic E-state index is 12.7. The third kappa shape index (κ3) is 2.47. The van der Waals surface area contributed by atoms with Crippen molar-refractivity contribution in [2.24, 2.45) is 39.9 Å². The molecule has 0 saturated heterocycles. The molecule has 25 heavy (non-hydrogen) atoms. The molecular weight excluding hydrogens is 328 g/mol. The van der Waals surface area contributed by atoms with E-state index >= 15 is 0 Å². The third-order valence-electron chi connectivity index (χ3n) is 9.36. The van der Waals surface area contributed by atoms with Crippen LogP contribution in [-0.2, 0) is 9.53 Å². The molecule has 0 radical (unpaired) electrons. The van der Waals surface area contributed by atoms with Gasteiger partial charge in [0, 0.05) is 0 Å². The fourth-order valence-electron chi connectivity index (χ4n) is 8.35. The maximum Gasteiger partial charge on any atom is 0.311 e. The highest BCUT2D eigenvalue weighted by Gasteiger charge is 2.65. The van der Waals surface area contributed by atoms with Gasteiger partial charge in [0.1, 0.15) is 0 Å². The zero-order valence-electron chi connectivity index (χ0n) is 16.6. The van der Waals surface area contributed by atoms with Gasteiger partial charge in [-0.15, -0.1) is 0 Å². The van der Waals surface area contributed by atoms with E-state index in [-0.39, 0.29) is 11.4 Å². The van der Waals surface area contributed by atoms with Gasteiger partial charge in [-0.25, -0.2) is 0 Å². The molecule has 5 aliphatic rings. The molecule has 5 saturated carbocycles. The summed E-state index contributed by atoms with van der Waals surface area (Å²) in [5, 5.41) is 0. The van der Waals surface area contributed by atoms with E-state index in [1.807, 2.05) is 0 Å². The molecule has 0 aliphatic heterocycles. The van der Waals surface area contributed by atoms with Crippen LogP contribution >= 0.6 is 11.8 Å². The quantitative estimate of drug-likeness (QED) is 0.614. The predicted octanol–water partition coefficient (Wildman–Crippen LogP) is 5.55. The van der Waals surface area contributed by atoms with Crippen LogP contribution in [-0.4, -0.2) is 25.1 Å². The molecule has 5 unspecified atom stereocenters. The van der Waals surface area contributed by atoms with Crippen LogP contribution in [0.1, 0.15) is 71.6 Å². The second kappa shape index (κ2) is 6.17. The van der Waals surface area contributed by atoms with Gasteiger partial charge in [-0.2, -0.15) is 11.8 Å². The molecule has 0 aromatic heterocycles. The highest BCUT2D eigenvalue weighted by atomic mass is 32.2. The van der Waals surface area contributed by atoms with Gasteiger partial charge in [-0.05, 0) is 105 Å². The fourth-order valence-corrected chi connectivity index (χ4v) is 9.16. The zero-order chi connectivity index (χ0) is 17.9. The Balaban J connectivity index is 1.67. The standard InChI is InChI=1S/C22H36O2S/c1-20-8-5-9-21(2,19(23)24-3)17(20)7-11-22-10-6-15(12-18(20)22)16(13-22)14-25-4/h15-18H,5-14H2,1-4H3/t15?,16?,17?,18?,20-,21-,22?/m1/s1. The minimum atomic E-state index is -0.251. The minimum Gasteiger partial charge on any atom is -0.469 e. The number of carbonyl (C=O) groups is 1. The topological polar surface area (TPSA) is 26.3 Å². The number of esters is 1. The number of carbonyl (C=O) groups excluding carboxylic acids is 1. The van der Waals surface area contributed by atoms with E-state index in [2.05, 4.69) is 31.9 Å². The van der Waals surface area contributed by atoms with Crippen LogP contribution in [0.15, 0.2) is 0 Å². The molecule has 5 aliphatic carbocycles. The molecule has 3 heteroatoms. The van der Waals surface area contributed by atoms with Gasteiger partial charge < -0.3 is 4.74 Å². The Morgan fingerprint density at radius 1 is 1.12 bits per heavy atom. The summed E-state index contributed by atoms with van der Waals surface area (Å²) in [7, 11) is 1.58. The first-order valence-electron chi connectivity index (χ1n) is 10.5. The highest BCUT2D eigenvalue weighted by molar-refractivity contribution is 7.98. The van der Waals surface area contributed by atoms with Crippen molar-refractivity contribution in [3.05, 3.63) is 0 Å². The lowest BCUT2D eigenvalue weighted by Crippen LogP contribution is -2.62. The van der Waals surface area contributed by atoms with Crippen LogP contribution < -0.4 is 0 Å². The molecule has 5 rings (SSSR count). The molecule has 0 amide bonds. The number of methoxy groups -OCH3 is 1. The normalized spacial score (nSPS) is 51.5. The van der Waals surface area contributed by atoms with Crippen molar-refractivity contribution in [3.63, 3.8) is 0 Å². The van der Waals surface area contributed by atoms with E-state index in [0.29, 0.717) is 16.7 Å². The van der Waals surface area contributed by atoms with Crippen molar-refractivity contribution in [1.29, 1.82) is 0 Å². The van der Waals surface area contributed by atoms with Gasteiger partial charge >= 0.3 is 5.97 Å². The Labute approximate surface area is 158 Å². The monoisotopic (exact) mass is 364 g/mol. The number of fused-ring (bicyclic) bond motifs is 3. The number of rotatable bonds is 3. The number of hydrogen-bond acceptors (Lipinski definition) is 3. The average Bonchev–Trinajstić information content (AvgIpc) is 2.61. The maximum absolute atomic E-state index is 12.7. The third-order valence-corrected chi connectivity index (χ3v) is 10.1. The molecule has 1 spiro atoms. The molecule has 2 bridgehead atoms. The van der Waals surface area contributed by atoms with Crippen LogP contribution in [0, 0.1) is 39.9 Å². The number of ether oxygens (including phenoxy) is 1. The van der Waals surface area contributed by atoms with Gasteiger partial charge in [0.15, 0.2) is 0 Å². The second-order valence-corrected chi connectivity index (χ2v) is 11.1. The summed E-state index contributed by atoms with van der Waals surface area (Å²) in [6.07, 6.45) is 14.3. The molecule has 0 N–H and O–H groups in total. The second-order valence-electron chi connectivity index (χ2n) is 10.2. The Kier molecular flexibility index (Phi) is 4.49. The van der Waals surface area contributed by atoms with Crippen molar-refractivity contribution >= 4 is 17.7 Å². The molecule has 0 aromatic rings. The molecule has 2 nitrogen and oxygen atoms in total. The Hall–Kier alpha value is -0.180. The lowest BCUT2D eigenvalue weighted by molar-refractivity contribution is -0.204. The minimum absolute atomic E-state index is 0.0561. The molecule has 0 heterocycles. The lowest BCUT2D eigenvalue weighted by atomic mass is 9.36. The lowest BCUT2D eigenvalue weighted by Gasteiger charge is -2.68. The van der Waals surface area contributed by atoms with Crippen LogP contribution in [0.25, 0.3) is 0 Å². The van der Waals surface area contributed by atoms with Crippen molar-refractivity contribution in [2.75, 3.05) is 19.1 Å². The SMILES string of the molecule is COC(=O)[C@]1(C)CCC[C@@]2(C)C3CC4CCC3(CCC21)CC4CSC. The van der Waals surface area contributed by atoms with Gasteiger partial charge in [-0.3, -0.25) is 4.79 Å². The summed E-state index contributed by atoms with van der Waals surface area (Å²) in [6, 6.07) is 0. The highest BCUT2D eigenvalue weighted by Crippen LogP contribution is 2.72. The summed E-state index contributed by atoms with van der Waals surface area (Å²) in [5.74, 6) is 4.69.